The number of nitrogens with zero attached hydrogens (tertiary/aromatic N) is 4. The lowest BCUT2D eigenvalue weighted by Gasteiger charge is -2.31. The number of aryl methyl sites for hydroxylation is 2. The van der Waals surface area contributed by atoms with Crippen LogP contribution in [0.4, 0.5) is 39.8 Å². The third-order valence-electron chi connectivity index (χ3n) is 9.19. The average molecular weight is 615 g/mol. The number of anilines is 6. The maximum absolute atomic E-state index is 9.51. The smallest absolute Gasteiger partial charge is 0.187 e. The maximum atomic E-state index is 9.51. The summed E-state index contributed by atoms with van der Waals surface area (Å²) in [6, 6.07) is 52.5. The molecule has 0 aliphatic rings. The highest BCUT2D eigenvalue weighted by atomic mass is 15.2. The topological polar surface area (TPSA) is 34.6 Å². The van der Waals surface area contributed by atoms with Crippen molar-refractivity contribution in [2.75, 3.05) is 9.80 Å². The fraction of sp³-hybridized carbons (Fsp3) is 0.0455. The summed E-state index contributed by atoms with van der Waals surface area (Å²) in [5.41, 5.74) is 9.91. The van der Waals surface area contributed by atoms with Gasteiger partial charge >= 0.3 is 0 Å². The van der Waals surface area contributed by atoms with Crippen molar-refractivity contribution in [3.05, 3.63) is 174 Å². The Morgan fingerprint density at radius 2 is 0.938 bits per heavy atom. The van der Waals surface area contributed by atoms with Crippen LogP contribution in [0.3, 0.4) is 0 Å². The monoisotopic (exact) mass is 614 g/mol. The molecule has 0 atom stereocenters. The van der Waals surface area contributed by atoms with Gasteiger partial charge in [0.2, 0.25) is 0 Å². The number of hydrogen-bond donors (Lipinski definition) is 0. The molecule has 48 heavy (non-hydrogen) atoms. The minimum absolute atomic E-state index is 0.618. The van der Waals surface area contributed by atoms with Crippen LogP contribution in [0.1, 0.15) is 16.7 Å². The van der Waals surface area contributed by atoms with Crippen molar-refractivity contribution < 1.29 is 0 Å². The van der Waals surface area contributed by atoms with Gasteiger partial charge < -0.3 is 9.80 Å². The van der Waals surface area contributed by atoms with E-state index in [9.17, 15) is 5.26 Å². The van der Waals surface area contributed by atoms with E-state index in [1.54, 1.807) is 0 Å². The Bertz CT molecular complexity index is 2340. The molecule has 0 heterocycles. The Balaban J connectivity index is 1.44. The Morgan fingerprint density at radius 3 is 1.35 bits per heavy atom. The standard InChI is InChI=1S/C44H30N4/c1-29-26-32-17-25-40-42-33(27-30(2)44(40)48(36-12-8-5-9-13-36)38-22-18-34(46-3)19-23-38)16-24-39(41(32)42)43(29)47(35-10-6-4-7-11-35)37-20-14-31(28-45)15-21-37/h4-27H,1-2H3. The molecule has 4 nitrogen and oxygen atoms in total. The molecule has 0 bridgehead atoms. The van der Waals surface area contributed by atoms with Crippen molar-refractivity contribution in [1.82, 2.24) is 0 Å². The lowest BCUT2D eigenvalue weighted by Crippen LogP contribution is -2.13. The van der Waals surface area contributed by atoms with E-state index in [0.29, 0.717) is 11.3 Å². The molecule has 4 heteroatoms. The van der Waals surface area contributed by atoms with Crippen LogP contribution in [-0.2, 0) is 0 Å². The second-order valence-corrected chi connectivity index (χ2v) is 12.1. The molecule has 0 saturated carbocycles. The van der Waals surface area contributed by atoms with Crippen LogP contribution in [0.2, 0.25) is 0 Å². The van der Waals surface area contributed by atoms with Crippen molar-refractivity contribution >= 4 is 72.1 Å². The summed E-state index contributed by atoms with van der Waals surface area (Å²) in [7, 11) is 0. The molecule has 0 aliphatic heterocycles. The van der Waals surface area contributed by atoms with Gasteiger partial charge in [-0.25, -0.2) is 4.85 Å². The number of rotatable bonds is 6. The van der Waals surface area contributed by atoms with Crippen molar-refractivity contribution in [2.45, 2.75) is 13.8 Å². The first-order valence-corrected chi connectivity index (χ1v) is 16.0. The molecular formula is C44H30N4. The van der Waals surface area contributed by atoms with E-state index in [-0.39, 0.29) is 0 Å². The Kier molecular flexibility index (Phi) is 6.98. The molecule has 0 unspecified atom stereocenters. The summed E-state index contributed by atoms with van der Waals surface area (Å²) in [6.45, 7) is 11.9. The summed E-state index contributed by atoms with van der Waals surface area (Å²) in [6.07, 6.45) is 0. The van der Waals surface area contributed by atoms with Crippen molar-refractivity contribution in [3.63, 3.8) is 0 Å². The molecule has 0 amide bonds. The predicted octanol–water partition coefficient (Wildman–Crippen LogP) is 12.6. The molecule has 8 aromatic carbocycles. The molecule has 0 spiro atoms. The Morgan fingerprint density at radius 1 is 0.521 bits per heavy atom. The minimum atomic E-state index is 0.618. The summed E-state index contributed by atoms with van der Waals surface area (Å²) < 4.78 is 0. The largest absolute Gasteiger partial charge is 0.310 e. The molecule has 8 aromatic rings. The highest BCUT2D eigenvalue weighted by Gasteiger charge is 2.24. The lowest BCUT2D eigenvalue weighted by atomic mass is 9.89. The van der Waals surface area contributed by atoms with E-state index < -0.39 is 0 Å². The summed E-state index contributed by atoms with van der Waals surface area (Å²) in [5.74, 6) is 0. The summed E-state index contributed by atoms with van der Waals surface area (Å²) in [5, 5.41) is 16.7. The molecule has 0 N–H and O–H groups in total. The third kappa shape index (κ3) is 4.68. The highest BCUT2D eigenvalue weighted by Crippen LogP contribution is 2.49. The second kappa shape index (κ2) is 11.6. The zero-order valence-electron chi connectivity index (χ0n) is 26.6. The first kappa shape index (κ1) is 28.8. The van der Waals surface area contributed by atoms with E-state index >= 15 is 0 Å². The van der Waals surface area contributed by atoms with Crippen molar-refractivity contribution in [1.29, 1.82) is 5.26 Å². The van der Waals surface area contributed by atoms with E-state index in [1.807, 2.05) is 60.7 Å². The molecular weight excluding hydrogens is 585 g/mol. The van der Waals surface area contributed by atoms with Crippen LogP contribution >= 0.6 is 0 Å². The van der Waals surface area contributed by atoms with Crippen molar-refractivity contribution in [3.8, 4) is 6.07 Å². The van der Waals surface area contributed by atoms with Gasteiger partial charge in [0.15, 0.2) is 5.69 Å². The Labute approximate surface area is 280 Å². The molecule has 0 radical (unpaired) electrons. The summed E-state index contributed by atoms with van der Waals surface area (Å²) in [4.78, 5) is 8.26. The van der Waals surface area contributed by atoms with Gasteiger partial charge in [0.05, 0.1) is 29.6 Å². The van der Waals surface area contributed by atoms with Gasteiger partial charge in [-0.2, -0.15) is 5.26 Å². The molecule has 0 saturated heterocycles. The van der Waals surface area contributed by atoms with Gasteiger partial charge in [-0.3, -0.25) is 0 Å². The first-order chi connectivity index (χ1) is 23.6. The Hall–Kier alpha value is -6.62. The molecule has 226 valence electrons. The van der Waals surface area contributed by atoms with E-state index in [4.69, 9.17) is 6.57 Å². The van der Waals surface area contributed by atoms with Crippen LogP contribution in [0, 0.1) is 31.8 Å². The molecule has 0 aromatic heterocycles. The van der Waals surface area contributed by atoms with Crippen LogP contribution in [-0.4, -0.2) is 0 Å². The predicted molar refractivity (Wildman–Crippen MR) is 200 cm³/mol. The second-order valence-electron chi connectivity index (χ2n) is 12.1. The number of hydrogen-bond acceptors (Lipinski definition) is 3. The van der Waals surface area contributed by atoms with Gasteiger partial charge in [0.25, 0.3) is 0 Å². The third-order valence-corrected chi connectivity index (χ3v) is 9.19. The molecule has 8 rings (SSSR count). The number of nitriles is 1. The normalized spacial score (nSPS) is 11.1. The van der Waals surface area contributed by atoms with E-state index in [2.05, 4.69) is 119 Å². The lowest BCUT2D eigenvalue weighted by molar-refractivity contribution is 1.26. The van der Waals surface area contributed by atoms with Crippen LogP contribution < -0.4 is 9.80 Å². The molecule has 0 fully saturated rings. The van der Waals surface area contributed by atoms with Gasteiger partial charge in [-0.05, 0) is 119 Å². The van der Waals surface area contributed by atoms with Crippen LogP contribution in [0.15, 0.2) is 146 Å². The van der Waals surface area contributed by atoms with Gasteiger partial charge in [-0.15, -0.1) is 0 Å². The fourth-order valence-corrected chi connectivity index (χ4v) is 7.14. The van der Waals surface area contributed by atoms with E-state index in [0.717, 1.165) is 39.7 Å². The van der Waals surface area contributed by atoms with Crippen LogP contribution in [0.25, 0.3) is 37.2 Å². The maximum Gasteiger partial charge on any atom is 0.187 e. The zero-order valence-corrected chi connectivity index (χ0v) is 26.6. The fourth-order valence-electron chi connectivity index (χ4n) is 7.14. The van der Waals surface area contributed by atoms with Gasteiger partial charge in [-0.1, -0.05) is 72.8 Å². The SMILES string of the molecule is [C-]#[N+]c1ccc(N(c2ccccc2)c2c(C)cc3ccc4c(N(c5ccccc5)c5ccc(C#N)cc5)c(C)cc5ccc2c3c54)cc1. The quantitative estimate of drug-likeness (QED) is 0.138. The van der Waals surface area contributed by atoms with Crippen LogP contribution in [0.5, 0.6) is 0 Å². The molecule has 0 aliphatic carbocycles. The zero-order chi connectivity index (χ0) is 32.8. The highest BCUT2D eigenvalue weighted by molar-refractivity contribution is 6.29. The average Bonchev–Trinajstić information content (AvgIpc) is 3.14. The number of benzene rings is 8. The number of para-hydroxylation sites is 2. The first-order valence-electron chi connectivity index (χ1n) is 16.0. The van der Waals surface area contributed by atoms with E-state index in [1.165, 1.54) is 37.9 Å². The van der Waals surface area contributed by atoms with Gasteiger partial charge in [0.1, 0.15) is 0 Å². The van der Waals surface area contributed by atoms with Gasteiger partial charge in [0, 0.05) is 33.5 Å². The minimum Gasteiger partial charge on any atom is -0.310 e. The van der Waals surface area contributed by atoms with Crippen molar-refractivity contribution in [2.24, 2.45) is 0 Å². The summed E-state index contributed by atoms with van der Waals surface area (Å²) >= 11 is 0.